The summed E-state index contributed by atoms with van der Waals surface area (Å²) in [6.07, 6.45) is 2.34. The summed E-state index contributed by atoms with van der Waals surface area (Å²) in [4.78, 5) is 24.6. The Balaban J connectivity index is 1.87. The van der Waals surface area contributed by atoms with Gasteiger partial charge in [0.15, 0.2) is 0 Å². The first kappa shape index (κ1) is 13.9. The van der Waals surface area contributed by atoms with E-state index in [4.69, 9.17) is 5.11 Å². The van der Waals surface area contributed by atoms with Crippen molar-refractivity contribution < 1.29 is 14.7 Å². The van der Waals surface area contributed by atoms with Gasteiger partial charge in [-0.3, -0.25) is 4.90 Å². The molecule has 2 N–H and O–H groups in total. The molecule has 2 amide bonds. The van der Waals surface area contributed by atoms with Crippen molar-refractivity contribution in [3.8, 4) is 0 Å². The molecule has 3 unspecified atom stereocenters. The average molecular weight is 290 g/mol. The van der Waals surface area contributed by atoms with Crippen LogP contribution < -0.4 is 5.32 Å². The second-order valence-electron chi connectivity index (χ2n) is 4.52. The van der Waals surface area contributed by atoms with Crippen LogP contribution in [0.2, 0.25) is 0 Å². The highest BCUT2D eigenvalue weighted by Gasteiger charge is 2.39. The lowest BCUT2D eigenvalue weighted by Crippen LogP contribution is -2.50. The van der Waals surface area contributed by atoms with E-state index >= 15 is 0 Å². The second-order valence-corrected chi connectivity index (χ2v) is 7.27. The molecular formula is C11H18N2O3S2. The SMILES string of the molecule is CC1SCC(C(=O)O)N1C(=O)NCC1CCCS1. The molecule has 0 aromatic rings. The molecule has 3 atom stereocenters. The summed E-state index contributed by atoms with van der Waals surface area (Å²) < 4.78 is 0. The van der Waals surface area contributed by atoms with Crippen LogP contribution in [0.25, 0.3) is 0 Å². The van der Waals surface area contributed by atoms with Crippen molar-refractivity contribution in [3.05, 3.63) is 0 Å². The number of urea groups is 1. The number of thioether (sulfide) groups is 2. The average Bonchev–Trinajstić information content (AvgIpc) is 2.94. The maximum absolute atomic E-state index is 12.1. The third-order valence-corrected chi connectivity index (χ3v) is 5.86. The number of amides is 2. The molecule has 7 heteroatoms. The molecule has 2 heterocycles. The Labute approximate surface area is 115 Å². The fraction of sp³-hybridized carbons (Fsp3) is 0.818. The number of carbonyl (C=O) groups excluding carboxylic acids is 1. The van der Waals surface area contributed by atoms with E-state index in [-0.39, 0.29) is 11.4 Å². The zero-order chi connectivity index (χ0) is 13.1. The van der Waals surface area contributed by atoms with Crippen LogP contribution in [0.5, 0.6) is 0 Å². The van der Waals surface area contributed by atoms with Gasteiger partial charge in [-0.2, -0.15) is 11.8 Å². The Bertz CT molecular complexity index is 334. The fourth-order valence-corrected chi connectivity index (χ4v) is 4.61. The van der Waals surface area contributed by atoms with Gasteiger partial charge in [0.2, 0.25) is 0 Å². The number of aliphatic carboxylic acids is 1. The molecule has 0 radical (unpaired) electrons. The number of hydrogen-bond donors (Lipinski definition) is 2. The van der Waals surface area contributed by atoms with Gasteiger partial charge >= 0.3 is 12.0 Å². The number of nitrogens with zero attached hydrogens (tertiary/aromatic N) is 1. The van der Waals surface area contributed by atoms with Crippen LogP contribution in [0.1, 0.15) is 19.8 Å². The summed E-state index contributed by atoms with van der Waals surface area (Å²) in [7, 11) is 0. The predicted octanol–water partition coefficient (Wildman–Crippen LogP) is 1.44. The molecule has 0 saturated carbocycles. The molecule has 18 heavy (non-hydrogen) atoms. The number of carbonyl (C=O) groups is 2. The maximum Gasteiger partial charge on any atom is 0.327 e. The summed E-state index contributed by atoms with van der Waals surface area (Å²) in [6, 6.07) is -0.936. The zero-order valence-electron chi connectivity index (χ0n) is 10.3. The van der Waals surface area contributed by atoms with Crippen molar-refractivity contribution in [1.82, 2.24) is 10.2 Å². The predicted molar refractivity (Wildman–Crippen MR) is 74.1 cm³/mol. The minimum absolute atomic E-state index is 0.0673. The van der Waals surface area contributed by atoms with E-state index in [0.717, 1.165) is 12.2 Å². The van der Waals surface area contributed by atoms with Crippen molar-refractivity contribution in [2.75, 3.05) is 18.1 Å². The van der Waals surface area contributed by atoms with Crippen molar-refractivity contribution in [2.45, 2.75) is 36.4 Å². The van der Waals surface area contributed by atoms with Crippen LogP contribution in [0, 0.1) is 0 Å². The number of nitrogens with one attached hydrogen (secondary N) is 1. The third kappa shape index (κ3) is 3.06. The van der Waals surface area contributed by atoms with Crippen LogP contribution in [-0.4, -0.2) is 56.7 Å². The third-order valence-electron chi connectivity index (χ3n) is 3.25. The van der Waals surface area contributed by atoms with Crippen molar-refractivity contribution in [3.63, 3.8) is 0 Å². The molecule has 5 nitrogen and oxygen atoms in total. The molecule has 0 aromatic heterocycles. The first-order valence-electron chi connectivity index (χ1n) is 6.11. The first-order valence-corrected chi connectivity index (χ1v) is 8.21. The Hall–Kier alpha value is -0.560. The zero-order valence-corrected chi connectivity index (χ0v) is 11.9. The lowest BCUT2D eigenvalue weighted by Gasteiger charge is -2.25. The van der Waals surface area contributed by atoms with Crippen molar-refractivity contribution in [1.29, 1.82) is 0 Å². The van der Waals surface area contributed by atoms with Crippen LogP contribution in [-0.2, 0) is 4.79 Å². The number of carboxylic acid groups (broad SMARTS) is 1. The van der Waals surface area contributed by atoms with Crippen LogP contribution in [0.15, 0.2) is 0 Å². The summed E-state index contributed by atoms with van der Waals surface area (Å²) in [5.74, 6) is 0.716. The molecule has 2 aliphatic heterocycles. The van der Waals surface area contributed by atoms with Gasteiger partial charge < -0.3 is 10.4 Å². The first-order chi connectivity index (χ1) is 8.59. The molecule has 0 bridgehead atoms. The van der Waals surface area contributed by atoms with Crippen LogP contribution in [0.4, 0.5) is 4.79 Å². The minimum Gasteiger partial charge on any atom is -0.480 e. The molecule has 102 valence electrons. The summed E-state index contributed by atoms with van der Waals surface area (Å²) in [5.41, 5.74) is 0. The van der Waals surface area contributed by atoms with E-state index in [1.54, 1.807) is 0 Å². The van der Waals surface area contributed by atoms with Crippen LogP contribution in [0.3, 0.4) is 0 Å². The molecular weight excluding hydrogens is 272 g/mol. The van der Waals surface area contributed by atoms with Crippen molar-refractivity contribution >= 4 is 35.5 Å². The Morgan fingerprint density at radius 2 is 2.22 bits per heavy atom. The summed E-state index contributed by atoms with van der Waals surface area (Å²) in [6.45, 7) is 2.52. The van der Waals surface area contributed by atoms with E-state index in [1.807, 2.05) is 18.7 Å². The molecule has 0 aliphatic carbocycles. The lowest BCUT2D eigenvalue weighted by atomic mass is 10.2. The largest absolute Gasteiger partial charge is 0.480 e. The Morgan fingerprint density at radius 1 is 1.44 bits per heavy atom. The lowest BCUT2D eigenvalue weighted by molar-refractivity contribution is -0.141. The van der Waals surface area contributed by atoms with Crippen molar-refractivity contribution in [2.24, 2.45) is 0 Å². The monoisotopic (exact) mass is 290 g/mol. The molecule has 0 aromatic carbocycles. The molecule has 2 fully saturated rings. The van der Waals surface area contributed by atoms with E-state index in [9.17, 15) is 9.59 Å². The van der Waals surface area contributed by atoms with Gasteiger partial charge in [-0.1, -0.05) is 0 Å². The highest BCUT2D eigenvalue weighted by molar-refractivity contribution is 8.00. The van der Waals surface area contributed by atoms with Gasteiger partial charge in [-0.05, 0) is 25.5 Å². The van der Waals surface area contributed by atoms with Gasteiger partial charge in [-0.25, -0.2) is 9.59 Å². The number of carboxylic acids is 1. The van der Waals surface area contributed by atoms with E-state index in [1.165, 1.54) is 23.1 Å². The van der Waals surface area contributed by atoms with Gasteiger partial charge in [0, 0.05) is 17.5 Å². The highest BCUT2D eigenvalue weighted by atomic mass is 32.2. The van der Waals surface area contributed by atoms with E-state index in [2.05, 4.69) is 5.32 Å². The Kier molecular flexibility index (Phi) is 4.66. The molecule has 2 saturated heterocycles. The minimum atomic E-state index is -0.919. The number of rotatable bonds is 3. The van der Waals surface area contributed by atoms with Gasteiger partial charge in [0.1, 0.15) is 6.04 Å². The summed E-state index contributed by atoms with van der Waals surface area (Å²) in [5, 5.41) is 12.4. The van der Waals surface area contributed by atoms with Crippen LogP contribution >= 0.6 is 23.5 Å². The quantitative estimate of drug-likeness (QED) is 0.823. The summed E-state index contributed by atoms with van der Waals surface area (Å²) >= 11 is 3.39. The highest BCUT2D eigenvalue weighted by Crippen LogP contribution is 2.29. The molecule has 2 rings (SSSR count). The van der Waals surface area contributed by atoms with Gasteiger partial charge in [-0.15, -0.1) is 11.8 Å². The fourth-order valence-electron chi connectivity index (χ4n) is 2.24. The smallest absolute Gasteiger partial charge is 0.327 e. The molecule has 0 spiro atoms. The maximum atomic E-state index is 12.1. The van der Waals surface area contributed by atoms with Gasteiger partial charge in [0.05, 0.1) is 5.37 Å². The van der Waals surface area contributed by atoms with Gasteiger partial charge in [0.25, 0.3) is 0 Å². The van der Waals surface area contributed by atoms with E-state index < -0.39 is 12.0 Å². The Morgan fingerprint density at radius 3 is 2.83 bits per heavy atom. The van der Waals surface area contributed by atoms with E-state index in [0.29, 0.717) is 17.5 Å². The standard InChI is InChI=1S/C11H18N2O3S2/c1-7-13(9(6-18-7)10(14)15)11(16)12-5-8-3-2-4-17-8/h7-9H,2-6H2,1H3,(H,12,16)(H,14,15). The number of hydrogen-bond acceptors (Lipinski definition) is 4. The molecule has 2 aliphatic rings. The topological polar surface area (TPSA) is 69.6 Å². The normalized spacial score (nSPS) is 31.6. The second kappa shape index (κ2) is 6.06.